The Kier molecular flexibility index (Phi) is 2.00. The molecule has 0 unspecified atom stereocenters. The van der Waals surface area contributed by atoms with E-state index in [4.69, 9.17) is 10.5 Å². The summed E-state index contributed by atoms with van der Waals surface area (Å²) < 4.78 is 18.8. The summed E-state index contributed by atoms with van der Waals surface area (Å²) in [6.45, 7) is 1.73. The SMILES string of the molecule is COc1cc(C)c(F)c(C2(N)CC2)c1. The average molecular weight is 195 g/mol. The molecule has 1 saturated carbocycles. The summed E-state index contributed by atoms with van der Waals surface area (Å²) in [6, 6.07) is 3.39. The second-order valence-corrected chi connectivity index (χ2v) is 3.96. The van der Waals surface area contributed by atoms with E-state index >= 15 is 0 Å². The van der Waals surface area contributed by atoms with E-state index in [1.165, 1.54) is 0 Å². The van der Waals surface area contributed by atoms with Crippen molar-refractivity contribution in [2.75, 3.05) is 7.11 Å². The molecule has 1 aliphatic rings. The fraction of sp³-hybridized carbons (Fsp3) is 0.455. The Labute approximate surface area is 82.9 Å². The van der Waals surface area contributed by atoms with Crippen molar-refractivity contribution in [3.8, 4) is 5.75 Å². The Morgan fingerprint density at radius 1 is 1.43 bits per heavy atom. The van der Waals surface area contributed by atoms with Gasteiger partial charge in [-0.05, 0) is 37.5 Å². The molecule has 76 valence electrons. The van der Waals surface area contributed by atoms with Gasteiger partial charge in [-0.3, -0.25) is 0 Å². The number of methoxy groups -OCH3 is 1. The molecule has 3 heteroatoms. The molecule has 0 saturated heterocycles. The zero-order valence-electron chi connectivity index (χ0n) is 8.43. The van der Waals surface area contributed by atoms with E-state index in [0.717, 1.165) is 12.8 Å². The van der Waals surface area contributed by atoms with Crippen molar-refractivity contribution in [3.05, 3.63) is 29.1 Å². The first-order valence-electron chi connectivity index (χ1n) is 4.70. The molecule has 0 aliphatic heterocycles. The third kappa shape index (κ3) is 1.38. The molecule has 2 N–H and O–H groups in total. The number of hydrogen-bond donors (Lipinski definition) is 1. The lowest BCUT2D eigenvalue weighted by atomic mass is 10.0. The Hall–Kier alpha value is -1.09. The van der Waals surface area contributed by atoms with Gasteiger partial charge in [-0.2, -0.15) is 0 Å². The van der Waals surface area contributed by atoms with E-state index in [9.17, 15) is 4.39 Å². The van der Waals surface area contributed by atoms with Crippen LogP contribution >= 0.6 is 0 Å². The second-order valence-electron chi connectivity index (χ2n) is 3.96. The molecule has 1 aromatic rings. The van der Waals surface area contributed by atoms with Gasteiger partial charge >= 0.3 is 0 Å². The largest absolute Gasteiger partial charge is 0.497 e. The van der Waals surface area contributed by atoms with Gasteiger partial charge in [-0.15, -0.1) is 0 Å². The van der Waals surface area contributed by atoms with E-state index in [-0.39, 0.29) is 5.82 Å². The molecule has 2 nitrogen and oxygen atoms in total. The van der Waals surface area contributed by atoms with Crippen LogP contribution in [0.1, 0.15) is 24.0 Å². The molecule has 1 aliphatic carbocycles. The molecule has 14 heavy (non-hydrogen) atoms. The van der Waals surface area contributed by atoms with Gasteiger partial charge in [0.15, 0.2) is 0 Å². The number of rotatable bonds is 2. The predicted molar refractivity (Wildman–Crippen MR) is 52.8 cm³/mol. The van der Waals surface area contributed by atoms with Crippen molar-refractivity contribution in [3.63, 3.8) is 0 Å². The summed E-state index contributed by atoms with van der Waals surface area (Å²) in [5, 5.41) is 0. The van der Waals surface area contributed by atoms with Crippen LogP contribution in [0.2, 0.25) is 0 Å². The van der Waals surface area contributed by atoms with Gasteiger partial charge in [0.1, 0.15) is 11.6 Å². The van der Waals surface area contributed by atoms with Crippen LogP contribution in [0.4, 0.5) is 4.39 Å². The van der Waals surface area contributed by atoms with Crippen LogP contribution in [0.15, 0.2) is 12.1 Å². The molecule has 0 amide bonds. The number of benzene rings is 1. The lowest BCUT2D eigenvalue weighted by Gasteiger charge is -2.13. The van der Waals surface area contributed by atoms with Crippen LogP contribution in [-0.4, -0.2) is 7.11 Å². The number of halogens is 1. The quantitative estimate of drug-likeness (QED) is 0.784. The Morgan fingerprint density at radius 3 is 2.57 bits per heavy atom. The summed E-state index contributed by atoms with van der Waals surface area (Å²) in [7, 11) is 1.58. The zero-order valence-corrected chi connectivity index (χ0v) is 8.43. The maximum Gasteiger partial charge on any atom is 0.131 e. The van der Waals surface area contributed by atoms with Crippen molar-refractivity contribution in [2.45, 2.75) is 25.3 Å². The van der Waals surface area contributed by atoms with Gasteiger partial charge in [-0.25, -0.2) is 4.39 Å². The average Bonchev–Trinajstić information content (AvgIpc) is 2.89. The molecule has 0 heterocycles. The van der Waals surface area contributed by atoms with Gasteiger partial charge in [0.25, 0.3) is 0 Å². The first-order chi connectivity index (χ1) is 6.57. The Bertz CT molecular complexity index is 372. The van der Waals surface area contributed by atoms with E-state index in [0.29, 0.717) is 16.9 Å². The van der Waals surface area contributed by atoms with Gasteiger partial charge in [-0.1, -0.05) is 0 Å². The summed E-state index contributed by atoms with van der Waals surface area (Å²) in [5.74, 6) is 0.487. The first kappa shape index (κ1) is 9.46. The highest BCUT2D eigenvalue weighted by Crippen LogP contribution is 2.45. The molecule has 0 bridgehead atoms. The minimum atomic E-state index is -0.441. The summed E-state index contributed by atoms with van der Waals surface area (Å²) in [6.07, 6.45) is 1.72. The molecular weight excluding hydrogens is 181 g/mol. The lowest BCUT2D eigenvalue weighted by molar-refractivity contribution is 0.411. The van der Waals surface area contributed by atoms with Crippen LogP contribution in [-0.2, 0) is 5.54 Å². The summed E-state index contributed by atoms with van der Waals surface area (Å²) in [4.78, 5) is 0. The van der Waals surface area contributed by atoms with Crippen molar-refractivity contribution in [1.29, 1.82) is 0 Å². The van der Waals surface area contributed by atoms with Gasteiger partial charge < -0.3 is 10.5 Å². The topological polar surface area (TPSA) is 35.2 Å². The fourth-order valence-electron chi connectivity index (χ4n) is 1.62. The molecule has 2 rings (SSSR count). The van der Waals surface area contributed by atoms with E-state index < -0.39 is 5.54 Å². The highest BCUT2D eigenvalue weighted by Gasteiger charge is 2.42. The molecule has 0 atom stereocenters. The number of nitrogens with two attached hydrogens (primary N) is 1. The Balaban J connectivity index is 2.52. The lowest BCUT2D eigenvalue weighted by Crippen LogP contribution is -2.21. The van der Waals surface area contributed by atoms with Crippen LogP contribution < -0.4 is 10.5 Å². The Morgan fingerprint density at radius 2 is 2.07 bits per heavy atom. The minimum Gasteiger partial charge on any atom is -0.497 e. The second kappa shape index (κ2) is 2.95. The molecular formula is C11H14FNO. The van der Waals surface area contributed by atoms with E-state index in [1.54, 1.807) is 26.2 Å². The summed E-state index contributed by atoms with van der Waals surface area (Å²) >= 11 is 0. The smallest absolute Gasteiger partial charge is 0.131 e. The zero-order chi connectivity index (χ0) is 10.3. The fourth-order valence-corrected chi connectivity index (χ4v) is 1.62. The normalized spacial score (nSPS) is 18.0. The van der Waals surface area contributed by atoms with Crippen molar-refractivity contribution in [2.24, 2.45) is 5.73 Å². The van der Waals surface area contributed by atoms with E-state index in [2.05, 4.69) is 0 Å². The van der Waals surface area contributed by atoms with Crippen LogP contribution in [0, 0.1) is 12.7 Å². The number of hydrogen-bond acceptors (Lipinski definition) is 2. The molecule has 0 aromatic heterocycles. The van der Waals surface area contributed by atoms with Crippen molar-refractivity contribution in [1.82, 2.24) is 0 Å². The molecule has 1 aromatic carbocycles. The van der Waals surface area contributed by atoms with Crippen LogP contribution in [0.5, 0.6) is 5.75 Å². The minimum absolute atomic E-state index is 0.189. The van der Waals surface area contributed by atoms with E-state index in [1.807, 2.05) is 0 Å². The van der Waals surface area contributed by atoms with Gasteiger partial charge in [0.2, 0.25) is 0 Å². The maximum absolute atomic E-state index is 13.7. The predicted octanol–water partition coefficient (Wildman–Crippen LogP) is 2.09. The molecule has 0 radical (unpaired) electrons. The number of ether oxygens (including phenoxy) is 1. The molecule has 1 fully saturated rings. The summed E-state index contributed by atoms with van der Waals surface area (Å²) in [5.41, 5.74) is 6.71. The number of aryl methyl sites for hydroxylation is 1. The standard InChI is InChI=1S/C11H14FNO/c1-7-5-8(14-2)6-9(10(7)12)11(13)3-4-11/h5-6H,3-4,13H2,1-2H3. The molecule has 0 spiro atoms. The van der Waals surface area contributed by atoms with Crippen molar-refractivity contribution >= 4 is 0 Å². The van der Waals surface area contributed by atoms with Crippen LogP contribution in [0.25, 0.3) is 0 Å². The van der Waals surface area contributed by atoms with Crippen molar-refractivity contribution < 1.29 is 9.13 Å². The van der Waals surface area contributed by atoms with Gasteiger partial charge in [0.05, 0.1) is 7.11 Å². The highest BCUT2D eigenvalue weighted by molar-refractivity contribution is 5.41. The van der Waals surface area contributed by atoms with Gasteiger partial charge in [0, 0.05) is 11.1 Å². The third-order valence-corrected chi connectivity index (χ3v) is 2.79. The monoisotopic (exact) mass is 195 g/mol. The highest BCUT2D eigenvalue weighted by atomic mass is 19.1. The third-order valence-electron chi connectivity index (χ3n) is 2.79. The maximum atomic E-state index is 13.7. The van der Waals surface area contributed by atoms with Crippen LogP contribution in [0.3, 0.4) is 0 Å². The first-order valence-corrected chi connectivity index (χ1v) is 4.70.